The number of H-pyrrole nitrogens is 1. The summed E-state index contributed by atoms with van der Waals surface area (Å²) in [6.07, 6.45) is 2.45. The number of aromatic amines is 1. The Morgan fingerprint density at radius 1 is 1.13 bits per heavy atom. The van der Waals surface area contributed by atoms with Gasteiger partial charge in [0.05, 0.1) is 11.7 Å². The van der Waals surface area contributed by atoms with Crippen LogP contribution >= 0.6 is 35.3 Å². The minimum atomic E-state index is -0.412. The molecule has 0 radical (unpaired) electrons. The van der Waals surface area contributed by atoms with Gasteiger partial charge < -0.3 is 25.8 Å². The molecule has 2 aromatic heterocycles. The van der Waals surface area contributed by atoms with Crippen LogP contribution in [-0.4, -0.2) is 64.3 Å². The number of hydrogen-bond acceptors (Lipinski definition) is 6. The van der Waals surface area contributed by atoms with Crippen LogP contribution in [0.25, 0.3) is 10.9 Å². The van der Waals surface area contributed by atoms with E-state index in [2.05, 4.69) is 37.9 Å². The summed E-state index contributed by atoms with van der Waals surface area (Å²) in [5.74, 6) is -0.797. The van der Waals surface area contributed by atoms with Gasteiger partial charge in [-0.05, 0) is 64.4 Å². The van der Waals surface area contributed by atoms with Gasteiger partial charge in [-0.25, -0.2) is 4.98 Å². The van der Waals surface area contributed by atoms with Crippen LogP contribution in [0.5, 0.6) is 0 Å². The number of nitrogens with zero attached hydrogens (tertiary/aromatic N) is 2. The zero-order chi connectivity index (χ0) is 27.0. The Bertz CT molecular complexity index is 1370. The van der Waals surface area contributed by atoms with Crippen molar-refractivity contribution in [2.24, 2.45) is 5.92 Å². The number of hydrogen-bond donors (Lipinski definition) is 4. The lowest BCUT2D eigenvalue weighted by molar-refractivity contribution is -0.126. The summed E-state index contributed by atoms with van der Waals surface area (Å²) in [7, 11) is 2.06. The van der Waals surface area contributed by atoms with Crippen LogP contribution in [0.15, 0.2) is 24.3 Å². The number of fused-ring (bicyclic) bond motifs is 2. The lowest BCUT2D eigenvalue weighted by atomic mass is 9.81. The van der Waals surface area contributed by atoms with E-state index in [4.69, 9.17) is 11.6 Å². The maximum Gasteiger partial charge on any atom is 0.280 e. The van der Waals surface area contributed by atoms with Crippen molar-refractivity contribution in [3.63, 3.8) is 0 Å². The highest BCUT2D eigenvalue weighted by Crippen LogP contribution is 2.28. The molecule has 1 aliphatic heterocycles. The molecule has 1 aliphatic carbocycles. The Labute approximate surface area is 242 Å². The first kappa shape index (κ1) is 29.3. The van der Waals surface area contributed by atoms with E-state index in [1.807, 2.05) is 19.9 Å². The zero-order valence-electron chi connectivity index (χ0n) is 22.2. The summed E-state index contributed by atoms with van der Waals surface area (Å²) in [6, 6.07) is 6.46. The molecule has 1 saturated carbocycles. The number of halogens is 2. The Morgan fingerprint density at radius 3 is 2.67 bits per heavy atom. The van der Waals surface area contributed by atoms with Crippen LogP contribution in [0.2, 0.25) is 5.02 Å². The average Bonchev–Trinajstić information content (AvgIpc) is 3.48. The van der Waals surface area contributed by atoms with E-state index >= 15 is 0 Å². The first-order valence-electron chi connectivity index (χ1n) is 13.0. The molecule has 3 aromatic rings. The minimum Gasteiger partial charge on any atom is -0.354 e. The van der Waals surface area contributed by atoms with E-state index < -0.39 is 6.04 Å². The molecule has 5 rings (SSSR count). The number of amides is 3. The number of nitrogens with one attached hydrogen (secondary N) is 4. The maximum atomic E-state index is 13.3. The fourth-order valence-electron chi connectivity index (χ4n) is 5.27. The molecule has 0 spiro atoms. The van der Waals surface area contributed by atoms with Crippen molar-refractivity contribution in [1.82, 2.24) is 30.8 Å². The first-order valence-corrected chi connectivity index (χ1v) is 14.2. The van der Waals surface area contributed by atoms with E-state index in [0.29, 0.717) is 35.0 Å². The molecule has 2 aliphatic rings. The highest BCUT2D eigenvalue weighted by Gasteiger charge is 2.37. The predicted molar refractivity (Wildman–Crippen MR) is 156 cm³/mol. The molecule has 12 heteroatoms. The molecule has 1 fully saturated rings. The third-order valence-corrected chi connectivity index (χ3v) is 8.55. The smallest absolute Gasteiger partial charge is 0.280 e. The molecule has 0 unspecified atom stereocenters. The molecule has 3 atom stereocenters. The lowest BCUT2D eigenvalue weighted by Gasteiger charge is -2.36. The van der Waals surface area contributed by atoms with Gasteiger partial charge in [-0.15, -0.1) is 23.7 Å². The van der Waals surface area contributed by atoms with Gasteiger partial charge >= 0.3 is 0 Å². The van der Waals surface area contributed by atoms with Crippen LogP contribution in [0.3, 0.4) is 0 Å². The fraction of sp³-hybridized carbons (Fsp3) is 0.481. The quantitative estimate of drug-likeness (QED) is 0.346. The van der Waals surface area contributed by atoms with E-state index in [9.17, 15) is 14.4 Å². The highest BCUT2D eigenvalue weighted by atomic mass is 35.5. The standard InChI is InChI=1S/C27H33ClN6O3S.ClH/c1-14(2)29-24(35)15-4-6-19(31-25(36)22-12-16-10-17(28)5-7-18(16)30-22)21(11-15)32-26(37)27-33-20-8-9-34(3)13-23(20)38-27;/h5,7,10,12,14-15,19,21,30H,4,6,8-9,11,13H2,1-3H3,(H,29,35)(H,31,36)(H,32,37);1H/t15-,19-,21+;/m0./s1. The van der Waals surface area contributed by atoms with Gasteiger partial charge in [0.1, 0.15) is 5.69 Å². The summed E-state index contributed by atoms with van der Waals surface area (Å²) in [4.78, 5) is 50.4. The number of carbonyl (C=O) groups excluding carboxylic acids is 3. The van der Waals surface area contributed by atoms with Gasteiger partial charge in [0.2, 0.25) is 5.91 Å². The van der Waals surface area contributed by atoms with Crippen LogP contribution in [0, 0.1) is 5.92 Å². The summed E-state index contributed by atoms with van der Waals surface area (Å²) in [5, 5.41) is 11.1. The van der Waals surface area contributed by atoms with E-state index in [1.54, 1.807) is 18.2 Å². The topological polar surface area (TPSA) is 119 Å². The lowest BCUT2D eigenvalue weighted by Crippen LogP contribution is -2.56. The number of likely N-dealkylation sites (N-methyl/N-ethyl adjacent to an activating group) is 1. The van der Waals surface area contributed by atoms with Gasteiger partial charge in [-0.1, -0.05) is 11.6 Å². The van der Waals surface area contributed by atoms with Gasteiger partial charge in [0, 0.05) is 58.3 Å². The van der Waals surface area contributed by atoms with Crippen LogP contribution in [-0.2, 0) is 17.8 Å². The average molecular weight is 594 g/mol. The first-order chi connectivity index (χ1) is 18.2. The zero-order valence-corrected chi connectivity index (χ0v) is 24.6. The maximum absolute atomic E-state index is 13.3. The van der Waals surface area contributed by atoms with Crippen molar-refractivity contribution in [1.29, 1.82) is 0 Å². The van der Waals surface area contributed by atoms with Gasteiger partial charge in [0.15, 0.2) is 5.01 Å². The van der Waals surface area contributed by atoms with Crippen LogP contribution < -0.4 is 16.0 Å². The van der Waals surface area contributed by atoms with Crippen LogP contribution in [0.1, 0.15) is 64.0 Å². The summed E-state index contributed by atoms with van der Waals surface area (Å²) in [5.41, 5.74) is 2.22. The number of benzene rings is 1. The van der Waals surface area contributed by atoms with Crippen molar-refractivity contribution < 1.29 is 14.4 Å². The van der Waals surface area contributed by atoms with Crippen molar-refractivity contribution in [2.45, 2.75) is 64.2 Å². The second-order valence-corrected chi connectivity index (χ2v) is 12.1. The molecule has 3 amide bonds. The molecule has 9 nitrogen and oxygen atoms in total. The number of rotatable bonds is 6. The van der Waals surface area contributed by atoms with Crippen molar-refractivity contribution in [3.05, 3.63) is 50.6 Å². The van der Waals surface area contributed by atoms with Gasteiger partial charge in [-0.3, -0.25) is 14.4 Å². The molecule has 0 bridgehead atoms. The summed E-state index contributed by atoms with van der Waals surface area (Å²) >= 11 is 7.52. The summed E-state index contributed by atoms with van der Waals surface area (Å²) < 4.78 is 0. The number of aromatic nitrogens is 2. The third kappa shape index (κ3) is 6.74. The highest BCUT2D eigenvalue weighted by molar-refractivity contribution is 7.13. The minimum absolute atomic E-state index is 0. The Kier molecular flexibility index (Phi) is 9.21. The molecular weight excluding hydrogens is 559 g/mol. The molecule has 0 saturated heterocycles. The molecule has 3 heterocycles. The monoisotopic (exact) mass is 592 g/mol. The molecule has 39 heavy (non-hydrogen) atoms. The largest absolute Gasteiger partial charge is 0.354 e. The van der Waals surface area contributed by atoms with Crippen LogP contribution in [0.4, 0.5) is 0 Å². The second-order valence-electron chi connectivity index (χ2n) is 10.6. The third-order valence-electron chi connectivity index (χ3n) is 7.23. The molecular formula is C27H34Cl2N6O3S. The predicted octanol–water partition coefficient (Wildman–Crippen LogP) is 3.91. The van der Waals surface area contributed by atoms with E-state index in [1.165, 1.54) is 11.3 Å². The van der Waals surface area contributed by atoms with Gasteiger partial charge in [-0.2, -0.15) is 0 Å². The van der Waals surface area contributed by atoms with Crippen molar-refractivity contribution >= 4 is 64.0 Å². The SMILES string of the molecule is CC(C)NC(=O)[C@H]1CC[C@H](NC(=O)c2cc3cc(Cl)ccc3[nH]2)[C@H](NC(=O)c2nc3c(s2)CN(C)CC3)C1.Cl. The summed E-state index contributed by atoms with van der Waals surface area (Å²) in [6.45, 7) is 5.56. The van der Waals surface area contributed by atoms with E-state index in [-0.39, 0.29) is 48.1 Å². The molecule has 1 aromatic carbocycles. The Morgan fingerprint density at radius 2 is 1.90 bits per heavy atom. The Balaban J connectivity index is 0.00000353. The Hall–Kier alpha value is -2.66. The molecule has 210 valence electrons. The van der Waals surface area contributed by atoms with Gasteiger partial charge in [0.25, 0.3) is 11.8 Å². The van der Waals surface area contributed by atoms with Crippen molar-refractivity contribution in [3.8, 4) is 0 Å². The second kappa shape index (κ2) is 12.2. The van der Waals surface area contributed by atoms with E-state index in [0.717, 1.165) is 41.0 Å². The number of thiazole rings is 1. The normalized spacial score (nSPS) is 21.2. The van der Waals surface area contributed by atoms with Crippen molar-refractivity contribution in [2.75, 3.05) is 13.6 Å². The molecule has 4 N–H and O–H groups in total. The number of carbonyl (C=O) groups is 3. The fourth-order valence-corrected chi connectivity index (χ4v) is 6.54.